The molecule has 1 atom stereocenters. The lowest BCUT2D eigenvalue weighted by molar-refractivity contribution is -0.116. The van der Waals surface area contributed by atoms with Gasteiger partial charge < -0.3 is 20.7 Å². The minimum atomic E-state index is -0.688. The van der Waals surface area contributed by atoms with Crippen molar-refractivity contribution < 1.29 is 23.5 Å². The molecular formula is C37H29BrFN3O4S. The zero-order valence-electron chi connectivity index (χ0n) is 25.1. The second kappa shape index (κ2) is 15.9. The van der Waals surface area contributed by atoms with Crippen LogP contribution in [-0.2, 0) is 9.59 Å². The highest BCUT2D eigenvalue weighted by Crippen LogP contribution is 2.37. The van der Waals surface area contributed by atoms with Crippen molar-refractivity contribution in [3.8, 4) is 5.75 Å². The van der Waals surface area contributed by atoms with Crippen molar-refractivity contribution in [2.75, 3.05) is 17.7 Å². The molecule has 0 bridgehead atoms. The molecule has 3 N–H and O–H groups in total. The fourth-order valence-electron chi connectivity index (χ4n) is 4.45. The van der Waals surface area contributed by atoms with Crippen molar-refractivity contribution in [3.05, 3.63) is 160 Å². The first-order valence-electron chi connectivity index (χ1n) is 14.4. The van der Waals surface area contributed by atoms with Gasteiger partial charge in [-0.25, -0.2) is 4.39 Å². The standard InChI is InChI=1S/C37H29BrFN3O4S/c1-46-29-17-12-24(13-18-29)22-33(42-35(43)26-10-6-3-7-11-26)36(44)40-28-15-19-30(20-16-28)47-34(25-8-4-2-5-9-25)37(45)41-32-21-14-27(38)23-31(32)39/h2-23,34H,1H3,(H,40,44)(H,41,45)(H,42,43)/b33-22-. The Morgan fingerprint density at radius 2 is 1.47 bits per heavy atom. The van der Waals surface area contributed by atoms with Crippen LogP contribution in [0.3, 0.4) is 0 Å². The Hall–Kier alpha value is -5.19. The molecule has 1 unspecified atom stereocenters. The van der Waals surface area contributed by atoms with Gasteiger partial charge in [-0.3, -0.25) is 14.4 Å². The molecule has 0 spiro atoms. The van der Waals surface area contributed by atoms with Gasteiger partial charge in [0.15, 0.2) is 0 Å². The maximum Gasteiger partial charge on any atom is 0.272 e. The third kappa shape index (κ3) is 9.18. The minimum Gasteiger partial charge on any atom is -0.497 e. The zero-order valence-corrected chi connectivity index (χ0v) is 27.5. The quantitative estimate of drug-likeness (QED) is 0.0945. The summed E-state index contributed by atoms with van der Waals surface area (Å²) in [6.45, 7) is 0. The first-order valence-corrected chi connectivity index (χ1v) is 16.1. The number of carbonyl (C=O) groups excluding carboxylic acids is 3. The third-order valence-corrected chi connectivity index (χ3v) is 8.61. The number of halogens is 2. The van der Waals surface area contributed by atoms with E-state index in [4.69, 9.17) is 4.74 Å². The number of amides is 3. The molecule has 0 saturated carbocycles. The summed E-state index contributed by atoms with van der Waals surface area (Å²) in [7, 11) is 1.56. The number of benzene rings is 5. The molecule has 5 rings (SSSR count). The molecule has 10 heteroatoms. The van der Waals surface area contributed by atoms with Crippen molar-refractivity contribution in [2.24, 2.45) is 0 Å². The summed E-state index contributed by atoms with van der Waals surface area (Å²) in [4.78, 5) is 40.6. The van der Waals surface area contributed by atoms with Crippen LogP contribution in [0.2, 0.25) is 0 Å². The van der Waals surface area contributed by atoms with Gasteiger partial charge in [-0.15, -0.1) is 11.8 Å². The first-order chi connectivity index (χ1) is 22.8. The molecule has 0 aromatic heterocycles. The zero-order chi connectivity index (χ0) is 33.2. The van der Waals surface area contributed by atoms with Crippen LogP contribution in [0.4, 0.5) is 15.8 Å². The van der Waals surface area contributed by atoms with E-state index in [9.17, 15) is 18.8 Å². The summed E-state index contributed by atoms with van der Waals surface area (Å²) >= 11 is 4.52. The van der Waals surface area contributed by atoms with E-state index in [2.05, 4.69) is 31.9 Å². The molecule has 236 valence electrons. The van der Waals surface area contributed by atoms with Crippen molar-refractivity contribution in [1.29, 1.82) is 0 Å². The lowest BCUT2D eigenvalue weighted by Crippen LogP contribution is -2.30. The van der Waals surface area contributed by atoms with E-state index in [0.717, 1.165) is 10.5 Å². The molecule has 5 aromatic rings. The predicted molar refractivity (Wildman–Crippen MR) is 188 cm³/mol. The lowest BCUT2D eigenvalue weighted by Gasteiger charge is -2.18. The van der Waals surface area contributed by atoms with Crippen LogP contribution in [0.15, 0.2) is 142 Å². The fourth-order valence-corrected chi connectivity index (χ4v) is 5.81. The molecule has 0 aliphatic heterocycles. The number of rotatable bonds is 11. The van der Waals surface area contributed by atoms with Crippen LogP contribution in [0.1, 0.15) is 26.7 Å². The lowest BCUT2D eigenvalue weighted by atomic mass is 10.1. The normalized spacial score (nSPS) is 11.7. The Balaban J connectivity index is 1.33. The van der Waals surface area contributed by atoms with Crippen LogP contribution >= 0.6 is 27.7 Å². The van der Waals surface area contributed by atoms with Gasteiger partial charge in [-0.05, 0) is 83.9 Å². The minimum absolute atomic E-state index is 0.0449. The summed E-state index contributed by atoms with van der Waals surface area (Å²) < 4.78 is 20.3. The smallest absolute Gasteiger partial charge is 0.272 e. The van der Waals surface area contributed by atoms with Crippen LogP contribution in [-0.4, -0.2) is 24.8 Å². The number of thioether (sulfide) groups is 1. The number of hydrogen-bond donors (Lipinski definition) is 3. The van der Waals surface area contributed by atoms with Crippen molar-refractivity contribution in [2.45, 2.75) is 10.1 Å². The van der Waals surface area contributed by atoms with Gasteiger partial charge in [-0.2, -0.15) is 0 Å². The molecule has 0 fully saturated rings. The Morgan fingerprint density at radius 3 is 2.11 bits per heavy atom. The van der Waals surface area contributed by atoms with E-state index in [1.165, 1.54) is 23.9 Å². The highest BCUT2D eigenvalue weighted by molar-refractivity contribution is 9.10. The van der Waals surface area contributed by atoms with Gasteiger partial charge in [0.2, 0.25) is 5.91 Å². The van der Waals surface area contributed by atoms with Crippen LogP contribution in [0.25, 0.3) is 6.08 Å². The number of carbonyl (C=O) groups is 3. The van der Waals surface area contributed by atoms with E-state index in [0.29, 0.717) is 27.0 Å². The maximum absolute atomic E-state index is 14.5. The molecule has 0 heterocycles. The second-order valence-electron chi connectivity index (χ2n) is 10.2. The summed E-state index contributed by atoms with van der Waals surface area (Å²) in [5.74, 6) is -1.23. The summed E-state index contributed by atoms with van der Waals surface area (Å²) in [6, 6.07) is 36.3. The maximum atomic E-state index is 14.5. The monoisotopic (exact) mass is 709 g/mol. The van der Waals surface area contributed by atoms with Gasteiger partial charge in [0.05, 0.1) is 12.8 Å². The Labute approximate surface area is 284 Å². The van der Waals surface area contributed by atoms with Gasteiger partial charge in [0.25, 0.3) is 11.8 Å². The molecule has 0 saturated heterocycles. The van der Waals surface area contributed by atoms with E-state index < -0.39 is 22.9 Å². The van der Waals surface area contributed by atoms with Gasteiger partial charge >= 0.3 is 0 Å². The SMILES string of the molecule is COc1ccc(/C=C(\NC(=O)c2ccccc2)C(=O)Nc2ccc(SC(C(=O)Nc3ccc(Br)cc3F)c3ccccc3)cc2)cc1. The average molecular weight is 711 g/mol. The topological polar surface area (TPSA) is 96.5 Å². The van der Waals surface area contributed by atoms with Gasteiger partial charge in [0.1, 0.15) is 22.5 Å². The van der Waals surface area contributed by atoms with Crippen molar-refractivity contribution in [3.63, 3.8) is 0 Å². The van der Waals surface area contributed by atoms with E-state index in [1.54, 1.807) is 98.1 Å². The number of ether oxygens (including phenoxy) is 1. The number of anilines is 2. The summed E-state index contributed by atoms with van der Waals surface area (Å²) in [5, 5.41) is 7.58. The number of nitrogens with one attached hydrogen (secondary N) is 3. The molecule has 3 amide bonds. The molecule has 7 nitrogen and oxygen atoms in total. The molecule has 0 aliphatic rings. The van der Waals surface area contributed by atoms with E-state index in [1.807, 2.05) is 30.3 Å². The highest BCUT2D eigenvalue weighted by atomic mass is 79.9. The Morgan fingerprint density at radius 1 is 0.809 bits per heavy atom. The van der Waals surface area contributed by atoms with Crippen molar-refractivity contribution in [1.82, 2.24) is 5.32 Å². The van der Waals surface area contributed by atoms with Crippen LogP contribution in [0.5, 0.6) is 5.75 Å². The predicted octanol–water partition coefficient (Wildman–Crippen LogP) is 8.48. The third-order valence-electron chi connectivity index (χ3n) is 6.85. The fraction of sp³-hybridized carbons (Fsp3) is 0.0541. The van der Waals surface area contributed by atoms with Crippen molar-refractivity contribution >= 4 is 62.9 Å². The van der Waals surface area contributed by atoms with E-state index >= 15 is 0 Å². The van der Waals surface area contributed by atoms with Gasteiger partial charge in [0, 0.05) is 20.6 Å². The van der Waals surface area contributed by atoms with Gasteiger partial charge in [-0.1, -0.05) is 76.6 Å². The number of hydrogen-bond acceptors (Lipinski definition) is 5. The Kier molecular flexibility index (Phi) is 11.2. The molecule has 0 aliphatic carbocycles. The molecular weight excluding hydrogens is 681 g/mol. The summed E-state index contributed by atoms with van der Waals surface area (Å²) in [5.41, 5.74) is 2.43. The molecule has 5 aromatic carbocycles. The molecule has 0 radical (unpaired) electrons. The highest BCUT2D eigenvalue weighted by Gasteiger charge is 2.23. The average Bonchev–Trinajstić information content (AvgIpc) is 3.09. The van der Waals surface area contributed by atoms with Crippen LogP contribution in [0, 0.1) is 5.82 Å². The summed E-state index contributed by atoms with van der Waals surface area (Å²) in [6.07, 6.45) is 1.58. The van der Waals surface area contributed by atoms with Crippen LogP contribution < -0.4 is 20.7 Å². The second-order valence-corrected chi connectivity index (χ2v) is 12.2. The Bertz CT molecular complexity index is 1890. The first kappa shape index (κ1) is 33.2. The largest absolute Gasteiger partial charge is 0.497 e. The number of methoxy groups -OCH3 is 1. The van der Waals surface area contributed by atoms with E-state index in [-0.39, 0.29) is 17.3 Å². The molecule has 47 heavy (non-hydrogen) atoms.